The van der Waals surface area contributed by atoms with E-state index in [1.165, 1.54) is 12.7 Å². The van der Waals surface area contributed by atoms with Crippen LogP contribution in [0.4, 0.5) is 0 Å². The molecular formula is C14H19NO3. The first-order chi connectivity index (χ1) is 8.72. The zero-order valence-electron chi connectivity index (χ0n) is 10.8. The Labute approximate surface area is 107 Å². The summed E-state index contributed by atoms with van der Waals surface area (Å²) in [6, 6.07) is 10.4. The summed E-state index contributed by atoms with van der Waals surface area (Å²) in [5, 5.41) is 3.43. The number of carbonyl (C=O) groups is 1. The Morgan fingerprint density at radius 1 is 1.39 bits per heavy atom. The van der Waals surface area contributed by atoms with Crippen molar-refractivity contribution in [2.45, 2.75) is 19.0 Å². The van der Waals surface area contributed by atoms with E-state index in [0.717, 1.165) is 0 Å². The highest BCUT2D eigenvalue weighted by Gasteiger charge is 2.35. The number of carbonyl (C=O) groups excluding carboxylic acids is 1. The molecule has 1 N–H and O–H groups in total. The van der Waals surface area contributed by atoms with E-state index in [0.29, 0.717) is 13.2 Å². The van der Waals surface area contributed by atoms with Crippen molar-refractivity contribution in [2.75, 3.05) is 20.3 Å². The van der Waals surface area contributed by atoms with Crippen molar-refractivity contribution < 1.29 is 14.3 Å². The smallest absolute Gasteiger partial charge is 0.312 e. The number of rotatable bonds is 4. The van der Waals surface area contributed by atoms with Crippen LogP contribution in [0.2, 0.25) is 0 Å². The van der Waals surface area contributed by atoms with Gasteiger partial charge in [0.2, 0.25) is 0 Å². The lowest BCUT2D eigenvalue weighted by molar-refractivity contribution is -0.145. The van der Waals surface area contributed by atoms with Gasteiger partial charge in [0.25, 0.3) is 0 Å². The molecule has 0 bridgehead atoms. The minimum absolute atomic E-state index is 0.0210. The topological polar surface area (TPSA) is 47.6 Å². The first-order valence-electron chi connectivity index (χ1n) is 6.19. The third-order valence-electron chi connectivity index (χ3n) is 3.35. The monoisotopic (exact) mass is 249 g/mol. The summed E-state index contributed by atoms with van der Waals surface area (Å²) in [5.74, 6) is -0.411. The molecule has 1 aliphatic rings. The maximum absolute atomic E-state index is 11.6. The number of methoxy groups -OCH3 is 1. The Morgan fingerprint density at radius 3 is 2.78 bits per heavy atom. The van der Waals surface area contributed by atoms with Crippen molar-refractivity contribution >= 4 is 5.97 Å². The standard InChI is InChI=1S/C14H19NO3/c1-10(11-6-4-3-5-7-11)15-13-9-18-8-12(13)14(16)17-2/h3-7,10,12-13,15H,8-9H2,1-2H3. The van der Waals surface area contributed by atoms with Crippen molar-refractivity contribution in [1.29, 1.82) is 0 Å². The first kappa shape index (κ1) is 13.1. The molecule has 0 aliphatic carbocycles. The van der Waals surface area contributed by atoms with E-state index in [9.17, 15) is 4.79 Å². The molecule has 0 aromatic heterocycles. The van der Waals surface area contributed by atoms with Gasteiger partial charge in [-0.25, -0.2) is 0 Å². The normalized spacial score (nSPS) is 24.8. The van der Waals surface area contributed by atoms with Gasteiger partial charge in [0, 0.05) is 12.1 Å². The van der Waals surface area contributed by atoms with E-state index in [2.05, 4.69) is 24.4 Å². The second kappa shape index (κ2) is 5.98. The molecule has 1 fully saturated rings. The van der Waals surface area contributed by atoms with Crippen LogP contribution in [0.1, 0.15) is 18.5 Å². The van der Waals surface area contributed by atoms with Gasteiger partial charge in [-0.05, 0) is 12.5 Å². The molecule has 0 spiro atoms. The van der Waals surface area contributed by atoms with E-state index in [4.69, 9.17) is 9.47 Å². The Kier molecular flexibility index (Phi) is 4.33. The van der Waals surface area contributed by atoms with Crippen molar-refractivity contribution in [3.8, 4) is 0 Å². The van der Waals surface area contributed by atoms with Crippen LogP contribution >= 0.6 is 0 Å². The molecule has 0 amide bonds. The van der Waals surface area contributed by atoms with Crippen LogP contribution in [-0.4, -0.2) is 32.3 Å². The van der Waals surface area contributed by atoms with Crippen LogP contribution in [0.15, 0.2) is 30.3 Å². The summed E-state index contributed by atoms with van der Waals surface area (Å²) in [6.45, 7) is 3.07. The molecule has 1 aromatic carbocycles. The van der Waals surface area contributed by atoms with Crippen LogP contribution < -0.4 is 5.32 Å². The third-order valence-corrected chi connectivity index (χ3v) is 3.35. The largest absolute Gasteiger partial charge is 0.469 e. The van der Waals surface area contributed by atoms with E-state index in [1.807, 2.05) is 18.2 Å². The molecule has 1 saturated heterocycles. The van der Waals surface area contributed by atoms with Crippen molar-refractivity contribution in [2.24, 2.45) is 5.92 Å². The number of benzene rings is 1. The highest BCUT2D eigenvalue weighted by molar-refractivity contribution is 5.73. The molecule has 18 heavy (non-hydrogen) atoms. The maximum atomic E-state index is 11.6. The van der Waals surface area contributed by atoms with E-state index >= 15 is 0 Å². The van der Waals surface area contributed by atoms with Crippen LogP contribution in [0.5, 0.6) is 0 Å². The number of hydrogen-bond acceptors (Lipinski definition) is 4. The minimum atomic E-state index is -0.207. The van der Waals surface area contributed by atoms with Gasteiger partial charge in [-0.1, -0.05) is 30.3 Å². The summed E-state index contributed by atoms with van der Waals surface area (Å²) < 4.78 is 10.2. The molecule has 0 saturated carbocycles. The molecular weight excluding hydrogens is 230 g/mol. The maximum Gasteiger partial charge on any atom is 0.312 e. The zero-order valence-corrected chi connectivity index (χ0v) is 10.8. The minimum Gasteiger partial charge on any atom is -0.469 e. The highest BCUT2D eigenvalue weighted by atomic mass is 16.5. The number of nitrogens with one attached hydrogen (secondary N) is 1. The summed E-state index contributed by atoms with van der Waals surface area (Å²) in [6.07, 6.45) is 0. The lowest BCUT2D eigenvalue weighted by Crippen LogP contribution is -2.41. The number of hydrogen-bond donors (Lipinski definition) is 1. The molecule has 4 nitrogen and oxygen atoms in total. The van der Waals surface area contributed by atoms with Crippen LogP contribution in [0, 0.1) is 5.92 Å². The zero-order chi connectivity index (χ0) is 13.0. The molecule has 2 rings (SSSR count). The molecule has 1 aliphatic heterocycles. The van der Waals surface area contributed by atoms with Gasteiger partial charge >= 0.3 is 5.97 Å². The first-order valence-corrected chi connectivity index (χ1v) is 6.19. The lowest BCUT2D eigenvalue weighted by Gasteiger charge is -2.22. The van der Waals surface area contributed by atoms with Gasteiger partial charge in [-0.2, -0.15) is 0 Å². The summed E-state index contributed by atoms with van der Waals surface area (Å²) in [4.78, 5) is 11.6. The summed E-state index contributed by atoms with van der Waals surface area (Å²) in [5.41, 5.74) is 1.20. The van der Waals surface area contributed by atoms with Crippen molar-refractivity contribution in [3.05, 3.63) is 35.9 Å². The Balaban J connectivity index is 1.98. The number of esters is 1. The quantitative estimate of drug-likeness (QED) is 0.822. The predicted octanol–water partition coefficient (Wildman–Crippen LogP) is 1.53. The van der Waals surface area contributed by atoms with Gasteiger partial charge in [0.1, 0.15) is 0 Å². The Morgan fingerprint density at radius 2 is 2.11 bits per heavy atom. The van der Waals surface area contributed by atoms with Crippen LogP contribution in [0.3, 0.4) is 0 Å². The summed E-state index contributed by atoms with van der Waals surface area (Å²) in [7, 11) is 1.42. The highest BCUT2D eigenvalue weighted by Crippen LogP contribution is 2.20. The fourth-order valence-electron chi connectivity index (χ4n) is 2.26. The molecule has 3 atom stereocenters. The fourth-order valence-corrected chi connectivity index (χ4v) is 2.26. The molecule has 3 unspecified atom stereocenters. The van der Waals surface area contributed by atoms with E-state index < -0.39 is 0 Å². The SMILES string of the molecule is COC(=O)C1COCC1NC(C)c1ccccc1. The molecule has 4 heteroatoms. The average molecular weight is 249 g/mol. The third kappa shape index (κ3) is 2.89. The van der Waals surface area contributed by atoms with E-state index in [1.54, 1.807) is 0 Å². The molecule has 98 valence electrons. The lowest BCUT2D eigenvalue weighted by atomic mass is 10.0. The Bertz CT molecular complexity index is 393. The van der Waals surface area contributed by atoms with Crippen molar-refractivity contribution in [3.63, 3.8) is 0 Å². The second-order valence-corrected chi connectivity index (χ2v) is 4.57. The summed E-state index contributed by atoms with van der Waals surface area (Å²) >= 11 is 0. The van der Waals surface area contributed by atoms with Gasteiger partial charge in [0.15, 0.2) is 0 Å². The van der Waals surface area contributed by atoms with Crippen molar-refractivity contribution in [1.82, 2.24) is 5.32 Å². The van der Waals surface area contributed by atoms with E-state index in [-0.39, 0.29) is 24.0 Å². The predicted molar refractivity (Wildman–Crippen MR) is 68.1 cm³/mol. The molecule has 1 aromatic rings. The Hall–Kier alpha value is -1.39. The van der Waals surface area contributed by atoms with Gasteiger partial charge in [0.05, 0.1) is 26.2 Å². The van der Waals surface area contributed by atoms with Gasteiger partial charge in [-0.3, -0.25) is 4.79 Å². The average Bonchev–Trinajstić information content (AvgIpc) is 2.87. The molecule has 0 radical (unpaired) electrons. The molecule has 1 heterocycles. The second-order valence-electron chi connectivity index (χ2n) is 4.57. The van der Waals surface area contributed by atoms with Crippen LogP contribution in [-0.2, 0) is 14.3 Å². The fraction of sp³-hybridized carbons (Fsp3) is 0.500. The number of ether oxygens (including phenoxy) is 2. The van der Waals surface area contributed by atoms with Gasteiger partial charge < -0.3 is 14.8 Å². The van der Waals surface area contributed by atoms with Gasteiger partial charge in [-0.15, -0.1) is 0 Å². The van der Waals surface area contributed by atoms with Crippen LogP contribution in [0.25, 0.3) is 0 Å².